The second kappa shape index (κ2) is 12.8. The molecule has 4 atom stereocenters. The topological polar surface area (TPSA) is 132 Å². The van der Waals surface area contributed by atoms with Crippen LogP contribution in [0.4, 0.5) is 4.79 Å². The molecule has 0 spiro atoms. The summed E-state index contributed by atoms with van der Waals surface area (Å²) in [5.41, 5.74) is -0.723. The fourth-order valence-electron chi connectivity index (χ4n) is 4.84. The molecule has 206 valence electrons. The van der Waals surface area contributed by atoms with Gasteiger partial charge in [-0.15, -0.1) is 0 Å². The standard InChI is InChI=1S/C25H43N3O8/c1-16(11-10-12-17-20(29)22(31)35-15-28(17)5)19(27-23(32)36-24(2,3)4)21(30)26-18-13-8-9-14-25(18,33-6)34-7/h16-19H,8-15H2,1-7H3,(H,26,30)(H,27,32). The average Bonchev–Trinajstić information content (AvgIpc) is 2.81. The van der Waals surface area contributed by atoms with Crippen molar-refractivity contribution in [1.29, 1.82) is 0 Å². The first-order valence-corrected chi connectivity index (χ1v) is 12.6. The quantitative estimate of drug-likeness (QED) is 0.256. The summed E-state index contributed by atoms with van der Waals surface area (Å²) in [5.74, 6) is -2.94. The zero-order valence-corrected chi connectivity index (χ0v) is 22.7. The van der Waals surface area contributed by atoms with E-state index in [1.807, 2.05) is 6.92 Å². The highest BCUT2D eigenvalue weighted by Gasteiger charge is 2.44. The number of cyclic esters (lactones) is 1. The van der Waals surface area contributed by atoms with Crippen molar-refractivity contribution in [2.24, 2.45) is 5.92 Å². The molecule has 0 bridgehead atoms. The number of carbonyl (C=O) groups is 4. The van der Waals surface area contributed by atoms with E-state index >= 15 is 0 Å². The number of hydrogen-bond donors (Lipinski definition) is 2. The predicted molar refractivity (Wildman–Crippen MR) is 131 cm³/mol. The van der Waals surface area contributed by atoms with Crippen LogP contribution in [0.3, 0.4) is 0 Å². The molecule has 2 rings (SSSR count). The number of nitrogens with zero attached hydrogens (tertiary/aromatic N) is 1. The zero-order valence-electron chi connectivity index (χ0n) is 22.7. The SMILES string of the molecule is COC1(OC)CCCCC1NC(=O)C(NC(=O)OC(C)(C)C)C(C)CCCC1C(=O)C(=O)OCN1C. The van der Waals surface area contributed by atoms with Crippen LogP contribution in [0.2, 0.25) is 0 Å². The number of hydrogen-bond acceptors (Lipinski definition) is 9. The van der Waals surface area contributed by atoms with Crippen molar-refractivity contribution in [1.82, 2.24) is 15.5 Å². The molecular formula is C25H43N3O8. The molecule has 11 nitrogen and oxygen atoms in total. The lowest BCUT2D eigenvalue weighted by molar-refractivity contribution is -0.238. The lowest BCUT2D eigenvalue weighted by atomic mass is 9.87. The maximum Gasteiger partial charge on any atom is 0.408 e. The van der Waals surface area contributed by atoms with Gasteiger partial charge < -0.3 is 29.6 Å². The predicted octanol–water partition coefficient (Wildman–Crippen LogP) is 2.12. The van der Waals surface area contributed by atoms with Gasteiger partial charge >= 0.3 is 12.1 Å². The molecule has 1 aliphatic carbocycles. The normalized spacial score (nSPS) is 24.4. The van der Waals surface area contributed by atoms with Crippen LogP contribution < -0.4 is 10.6 Å². The number of ketones is 1. The van der Waals surface area contributed by atoms with Crippen molar-refractivity contribution >= 4 is 23.8 Å². The monoisotopic (exact) mass is 513 g/mol. The number of nitrogens with one attached hydrogen (secondary N) is 2. The summed E-state index contributed by atoms with van der Waals surface area (Å²) in [5, 5.41) is 5.77. The van der Waals surface area contributed by atoms with E-state index in [2.05, 4.69) is 10.6 Å². The van der Waals surface area contributed by atoms with E-state index in [1.54, 1.807) is 46.9 Å². The molecule has 2 amide bonds. The number of esters is 1. The summed E-state index contributed by atoms with van der Waals surface area (Å²) in [6.45, 7) is 7.19. The minimum atomic E-state index is -0.922. The molecule has 1 saturated heterocycles. The Morgan fingerprint density at radius 2 is 1.86 bits per heavy atom. The molecule has 0 aromatic rings. The number of methoxy groups -OCH3 is 2. The largest absolute Gasteiger partial charge is 0.444 e. The van der Waals surface area contributed by atoms with Crippen LogP contribution in [0.25, 0.3) is 0 Å². The number of rotatable bonds is 10. The van der Waals surface area contributed by atoms with Gasteiger partial charge in [0.2, 0.25) is 5.91 Å². The second-order valence-corrected chi connectivity index (χ2v) is 10.8. The fraction of sp³-hybridized carbons (Fsp3) is 0.840. The van der Waals surface area contributed by atoms with E-state index in [0.29, 0.717) is 32.1 Å². The first-order valence-electron chi connectivity index (χ1n) is 12.6. The molecule has 36 heavy (non-hydrogen) atoms. The highest BCUT2D eigenvalue weighted by molar-refractivity contribution is 6.36. The number of Topliss-reactive ketones (excluding diaryl/α,β-unsaturated/α-hetero) is 1. The Bertz CT molecular complexity index is 793. The Morgan fingerprint density at radius 3 is 2.47 bits per heavy atom. The van der Waals surface area contributed by atoms with E-state index in [-0.39, 0.29) is 24.6 Å². The van der Waals surface area contributed by atoms with Gasteiger partial charge in [-0.05, 0) is 59.4 Å². The summed E-state index contributed by atoms with van der Waals surface area (Å²) in [4.78, 5) is 51.6. The molecular weight excluding hydrogens is 470 g/mol. The van der Waals surface area contributed by atoms with Crippen LogP contribution in [0, 0.1) is 5.92 Å². The van der Waals surface area contributed by atoms with Crippen LogP contribution in [0.15, 0.2) is 0 Å². The number of carbonyl (C=O) groups excluding carboxylic acids is 4. The van der Waals surface area contributed by atoms with Crippen LogP contribution in [-0.2, 0) is 33.3 Å². The van der Waals surface area contributed by atoms with Gasteiger partial charge in [0, 0.05) is 20.6 Å². The van der Waals surface area contributed by atoms with Gasteiger partial charge in [-0.25, -0.2) is 9.59 Å². The van der Waals surface area contributed by atoms with Crippen LogP contribution in [0.1, 0.15) is 72.6 Å². The van der Waals surface area contributed by atoms with E-state index in [4.69, 9.17) is 18.9 Å². The molecule has 11 heteroatoms. The van der Waals surface area contributed by atoms with Gasteiger partial charge in [-0.2, -0.15) is 0 Å². The Kier molecular flexibility index (Phi) is 10.7. The Morgan fingerprint density at radius 1 is 1.19 bits per heavy atom. The molecule has 4 unspecified atom stereocenters. The van der Waals surface area contributed by atoms with Crippen LogP contribution >= 0.6 is 0 Å². The van der Waals surface area contributed by atoms with Crippen molar-refractivity contribution < 1.29 is 38.1 Å². The van der Waals surface area contributed by atoms with Gasteiger partial charge in [-0.1, -0.05) is 19.8 Å². The third kappa shape index (κ3) is 7.88. The zero-order chi connectivity index (χ0) is 27.1. The molecule has 0 radical (unpaired) electrons. The summed E-state index contributed by atoms with van der Waals surface area (Å²) in [6, 6.07) is -1.81. The molecule has 1 heterocycles. The van der Waals surface area contributed by atoms with E-state index < -0.39 is 41.3 Å². The maximum atomic E-state index is 13.5. The number of amides is 2. The van der Waals surface area contributed by atoms with Crippen LogP contribution in [-0.4, -0.2) is 86.2 Å². The highest BCUT2D eigenvalue weighted by atomic mass is 16.7. The molecule has 2 N–H and O–H groups in total. The number of likely N-dealkylation sites (N-methyl/N-ethyl adjacent to an activating group) is 1. The summed E-state index contributed by atoms with van der Waals surface area (Å²) < 4.78 is 21.6. The third-order valence-corrected chi connectivity index (χ3v) is 6.90. The summed E-state index contributed by atoms with van der Waals surface area (Å²) in [6.07, 6.45) is 4.03. The van der Waals surface area contributed by atoms with E-state index in [0.717, 1.165) is 12.8 Å². The molecule has 2 aliphatic rings. The molecule has 1 saturated carbocycles. The van der Waals surface area contributed by atoms with Crippen LogP contribution in [0.5, 0.6) is 0 Å². The number of alkyl carbamates (subject to hydrolysis) is 1. The van der Waals surface area contributed by atoms with E-state index in [1.165, 1.54) is 0 Å². The Labute approximate surface area is 213 Å². The molecule has 0 aromatic heterocycles. The molecule has 2 fully saturated rings. The van der Waals surface area contributed by atoms with Crippen molar-refractivity contribution in [2.45, 2.75) is 102 Å². The lowest BCUT2D eigenvalue weighted by Crippen LogP contribution is -2.61. The summed E-state index contributed by atoms with van der Waals surface area (Å²) in [7, 11) is 4.85. The Balaban J connectivity index is 2.10. The molecule has 0 aromatic carbocycles. The van der Waals surface area contributed by atoms with Gasteiger partial charge in [0.15, 0.2) is 5.79 Å². The summed E-state index contributed by atoms with van der Waals surface area (Å²) >= 11 is 0. The van der Waals surface area contributed by atoms with Crippen molar-refractivity contribution in [3.05, 3.63) is 0 Å². The first kappa shape index (κ1) is 30.0. The maximum absolute atomic E-state index is 13.5. The van der Waals surface area contributed by atoms with E-state index in [9.17, 15) is 19.2 Å². The number of ether oxygens (including phenoxy) is 4. The van der Waals surface area contributed by atoms with Gasteiger partial charge in [0.1, 0.15) is 18.4 Å². The van der Waals surface area contributed by atoms with Crippen molar-refractivity contribution in [3.8, 4) is 0 Å². The molecule has 1 aliphatic heterocycles. The smallest absolute Gasteiger partial charge is 0.408 e. The minimum absolute atomic E-state index is 0.0676. The second-order valence-electron chi connectivity index (χ2n) is 10.8. The fourth-order valence-corrected chi connectivity index (χ4v) is 4.84. The first-order chi connectivity index (χ1) is 16.8. The highest BCUT2D eigenvalue weighted by Crippen LogP contribution is 2.32. The Hall–Kier alpha value is -2.24. The van der Waals surface area contributed by atoms with Crippen molar-refractivity contribution in [2.75, 3.05) is 28.0 Å². The lowest BCUT2D eigenvalue weighted by Gasteiger charge is -2.42. The van der Waals surface area contributed by atoms with Gasteiger partial charge in [-0.3, -0.25) is 14.5 Å². The minimum Gasteiger partial charge on any atom is -0.444 e. The third-order valence-electron chi connectivity index (χ3n) is 6.90. The average molecular weight is 514 g/mol. The van der Waals surface area contributed by atoms with Gasteiger partial charge in [0.25, 0.3) is 5.78 Å². The van der Waals surface area contributed by atoms with Crippen molar-refractivity contribution in [3.63, 3.8) is 0 Å². The van der Waals surface area contributed by atoms with Gasteiger partial charge in [0.05, 0.1) is 12.1 Å².